The lowest BCUT2D eigenvalue weighted by Crippen LogP contribution is -2.33. The van der Waals surface area contributed by atoms with E-state index in [1.165, 1.54) is 18.1 Å². The van der Waals surface area contributed by atoms with Crippen molar-refractivity contribution in [1.82, 2.24) is 4.90 Å². The van der Waals surface area contributed by atoms with Crippen LogP contribution in [0.25, 0.3) is 6.08 Å². The molecule has 37 heavy (non-hydrogen) atoms. The highest BCUT2D eigenvalue weighted by molar-refractivity contribution is 6.14. The molecule has 0 spiro atoms. The number of methoxy groups -OCH3 is 3. The largest absolute Gasteiger partial charge is 0.503 e. The van der Waals surface area contributed by atoms with E-state index >= 15 is 0 Å². The monoisotopic (exact) mass is 499 g/mol. The van der Waals surface area contributed by atoms with Crippen LogP contribution in [0.5, 0.6) is 17.2 Å². The Hall–Kier alpha value is -4.52. The second-order valence-electron chi connectivity index (χ2n) is 8.45. The number of hydrogen-bond acceptors (Lipinski definition) is 6. The van der Waals surface area contributed by atoms with Crippen LogP contribution in [0.4, 0.5) is 0 Å². The predicted molar refractivity (Wildman–Crippen MR) is 141 cm³/mol. The van der Waals surface area contributed by atoms with Gasteiger partial charge < -0.3 is 24.2 Å². The fourth-order valence-corrected chi connectivity index (χ4v) is 4.46. The first kappa shape index (κ1) is 25.6. The summed E-state index contributed by atoms with van der Waals surface area (Å²) in [5.41, 5.74) is 2.38. The molecule has 1 aliphatic heterocycles. The molecule has 190 valence electrons. The Kier molecular flexibility index (Phi) is 7.93. The molecule has 3 aromatic rings. The first-order chi connectivity index (χ1) is 18.0. The molecular weight excluding hydrogens is 470 g/mol. The van der Waals surface area contributed by atoms with Crippen molar-refractivity contribution < 1.29 is 28.9 Å². The smallest absolute Gasteiger partial charge is 0.290 e. The van der Waals surface area contributed by atoms with Gasteiger partial charge in [-0.3, -0.25) is 9.59 Å². The zero-order chi connectivity index (χ0) is 26.4. The number of ketones is 1. The van der Waals surface area contributed by atoms with E-state index < -0.39 is 23.5 Å². The molecule has 0 saturated carbocycles. The molecule has 4 rings (SSSR count). The summed E-state index contributed by atoms with van der Waals surface area (Å²) in [5.74, 6) is 0.103. The molecule has 0 unspecified atom stereocenters. The Morgan fingerprint density at radius 3 is 2.27 bits per heavy atom. The van der Waals surface area contributed by atoms with Crippen LogP contribution in [0.2, 0.25) is 0 Å². The minimum Gasteiger partial charge on any atom is -0.503 e. The second-order valence-corrected chi connectivity index (χ2v) is 8.45. The van der Waals surface area contributed by atoms with Crippen LogP contribution < -0.4 is 14.2 Å². The van der Waals surface area contributed by atoms with Gasteiger partial charge in [0.15, 0.2) is 23.0 Å². The van der Waals surface area contributed by atoms with Gasteiger partial charge >= 0.3 is 0 Å². The summed E-state index contributed by atoms with van der Waals surface area (Å²) < 4.78 is 16.3. The molecule has 0 saturated heterocycles. The minimum absolute atomic E-state index is 0.0222. The van der Waals surface area contributed by atoms with Gasteiger partial charge in [-0.1, -0.05) is 60.7 Å². The topological polar surface area (TPSA) is 85.3 Å². The number of benzene rings is 3. The van der Waals surface area contributed by atoms with E-state index in [4.69, 9.17) is 14.2 Å². The minimum atomic E-state index is -0.809. The van der Waals surface area contributed by atoms with Crippen LogP contribution in [0, 0.1) is 0 Å². The SMILES string of the molecule is COc1ccc(CCN2C(=O)C(O)=C(C(=O)/C=C/c3ccccc3)[C@H]2c2ccccc2OC)cc1OC. The van der Waals surface area contributed by atoms with Gasteiger partial charge in [0.1, 0.15) is 5.75 Å². The Morgan fingerprint density at radius 1 is 0.892 bits per heavy atom. The lowest BCUT2D eigenvalue weighted by Gasteiger charge is -2.28. The summed E-state index contributed by atoms with van der Waals surface area (Å²) in [7, 11) is 4.66. The van der Waals surface area contributed by atoms with Gasteiger partial charge in [-0.05, 0) is 41.8 Å². The Morgan fingerprint density at radius 2 is 1.57 bits per heavy atom. The number of hydrogen-bond donors (Lipinski definition) is 1. The van der Waals surface area contributed by atoms with E-state index in [2.05, 4.69) is 0 Å². The van der Waals surface area contributed by atoms with Crippen molar-refractivity contribution in [3.05, 3.63) is 107 Å². The number of allylic oxidation sites excluding steroid dienone is 1. The quantitative estimate of drug-likeness (QED) is 0.398. The lowest BCUT2D eigenvalue weighted by atomic mass is 9.94. The number of rotatable bonds is 10. The Labute approximate surface area is 216 Å². The van der Waals surface area contributed by atoms with Crippen LogP contribution in [-0.2, 0) is 16.0 Å². The molecule has 7 nitrogen and oxygen atoms in total. The van der Waals surface area contributed by atoms with Gasteiger partial charge in [0.05, 0.1) is 32.9 Å². The predicted octanol–water partition coefficient (Wildman–Crippen LogP) is 4.93. The highest BCUT2D eigenvalue weighted by Crippen LogP contribution is 2.41. The van der Waals surface area contributed by atoms with Crippen molar-refractivity contribution in [2.75, 3.05) is 27.9 Å². The van der Waals surface area contributed by atoms with E-state index in [9.17, 15) is 14.7 Å². The number of para-hydroxylation sites is 1. The molecule has 0 fully saturated rings. The molecule has 7 heteroatoms. The third-order valence-electron chi connectivity index (χ3n) is 6.32. The summed E-state index contributed by atoms with van der Waals surface area (Å²) in [6, 6.07) is 21.3. The van der Waals surface area contributed by atoms with E-state index in [0.29, 0.717) is 29.2 Å². The highest BCUT2D eigenvalue weighted by atomic mass is 16.5. The van der Waals surface area contributed by atoms with Crippen molar-refractivity contribution in [1.29, 1.82) is 0 Å². The van der Waals surface area contributed by atoms with Crippen molar-refractivity contribution in [2.45, 2.75) is 12.5 Å². The number of ether oxygens (including phenoxy) is 3. The fourth-order valence-electron chi connectivity index (χ4n) is 4.46. The van der Waals surface area contributed by atoms with Gasteiger partial charge in [0.25, 0.3) is 5.91 Å². The molecule has 1 heterocycles. The summed E-state index contributed by atoms with van der Waals surface area (Å²) >= 11 is 0. The van der Waals surface area contributed by atoms with Crippen molar-refractivity contribution in [3.8, 4) is 17.2 Å². The molecule has 0 aliphatic carbocycles. The summed E-state index contributed by atoms with van der Waals surface area (Å²) in [6.45, 7) is 0.250. The van der Waals surface area contributed by atoms with Gasteiger partial charge in [0, 0.05) is 12.1 Å². The number of amides is 1. The average molecular weight is 500 g/mol. The van der Waals surface area contributed by atoms with E-state index in [1.807, 2.05) is 54.6 Å². The van der Waals surface area contributed by atoms with Crippen LogP contribution in [0.1, 0.15) is 22.7 Å². The normalized spacial score (nSPS) is 15.4. The molecular formula is C30H29NO6. The maximum absolute atomic E-state index is 13.4. The molecule has 1 aliphatic rings. The van der Waals surface area contributed by atoms with Crippen molar-refractivity contribution in [3.63, 3.8) is 0 Å². The second kappa shape index (κ2) is 11.5. The number of aliphatic hydroxyl groups is 1. The molecule has 1 N–H and O–H groups in total. The maximum atomic E-state index is 13.4. The Balaban J connectivity index is 1.68. The molecule has 0 aromatic heterocycles. The van der Waals surface area contributed by atoms with Crippen LogP contribution >= 0.6 is 0 Å². The molecule has 0 bridgehead atoms. The first-order valence-corrected chi connectivity index (χ1v) is 11.8. The number of carbonyl (C=O) groups excluding carboxylic acids is 2. The van der Waals surface area contributed by atoms with Crippen molar-refractivity contribution in [2.24, 2.45) is 0 Å². The number of aliphatic hydroxyl groups excluding tert-OH is 1. The summed E-state index contributed by atoms with van der Waals surface area (Å²) in [4.78, 5) is 28.2. The van der Waals surface area contributed by atoms with Gasteiger partial charge in [0.2, 0.25) is 0 Å². The maximum Gasteiger partial charge on any atom is 0.290 e. The summed E-state index contributed by atoms with van der Waals surface area (Å²) in [5, 5.41) is 10.9. The van der Waals surface area contributed by atoms with E-state index in [1.54, 1.807) is 38.5 Å². The zero-order valence-electron chi connectivity index (χ0n) is 21.0. The lowest BCUT2D eigenvalue weighted by molar-refractivity contribution is -0.129. The van der Waals surface area contributed by atoms with E-state index in [-0.39, 0.29) is 12.1 Å². The molecule has 3 aromatic carbocycles. The van der Waals surface area contributed by atoms with Crippen LogP contribution in [-0.4, -0.2) is 49.6 Å². The number of nitrogens with zero attached hydrogens (tertiary/aromatic N) is 1. The van der Waals surface area contributed by atoms with Crippen LogP contribution in [0.15, 0.2) is 90.2 Å². The average Bonchev–Trinajstić information content (AvgIpc) is 3.20. The first-order valence-electron chi connectivity index (χ1n) is 11.8. The highest BCUT2D eigenvalue weighted by Gasteiger charge is 2.43. The zero-order valence-corrected chi connectivity index (χ0v) is 21.0. The van der Waals surface area contributed by atoms with Gasteiger partial charge in [-0.2, -0.15) is 0 Å². The standard InChI is InChI=1S/C30H29NO6/c1-35-24-12-8-7-11-22(24)28-27(23(32)15-13-20-9-5-4-6-10-20)29(33)30(34)31(28)18-17-21-14-16-25(36-2)26(19-21)37-3/h4-16,19,28,33H,17-18H2,1-3H3/b15-13+/t28-/m1/s1. The molecule has 1 atom stereocenters. The molecule has 1 amide bonds. The van der Waals surface area contributed by atoms with Crippen molar-refractivity contribution >= 4 is 17.8 Å². The van der Waals surface area contributed by atoms with Gasteiger partial charge in [-0.25, -0.2) is 0 Å². The Bertz CT molecular complexity index is 1350. The van der Waals surface area contributed by atoms with E-state index in [0.717, 1.165) is 11.1 Å². The fraction of sp³-hybridized carbons (Fsp3) is 0.200. The summed E-state index contributed by atoms with van der Waals surface area (Å²) in [6.07, 6.45) is 3.51. The van der Waals surface area contributed by atoms with Crippen LogP contribution in [0.3, 0.4) is 0 Å². The third kappa shape index (κ3) is 5.35. The van der Waals surface area contributed by atoms with Gasteiger partial charge in [-0.15, -0.1) is 0 Å². The molecule has 0 radical (unpaired) electrons. The number of carbonyl (C=O) groups is 2. The third-order valence-corrected chi connectivity index (χ3v) is 6.32.